The highest BCUT2D eigenvalue weighted by Gasteiger charge is 2.52. The SMILES string of the molecule is CCCCOc1ccc(OC)cc1-c1cc(C(=O)OC)ccc1C(C)(C)C.CCCCOc1ccc(OC)cc1B1OC(C)(C)C(C)(C)O1.COC(=O)c1ccc(C(C)(C)C)c(Br)c1. The molecular formula is C52H72BBrO10. The lowest BCUT2D eigenvalue weighted by Gasteiger charge is -2.32. The number of benzene rings is 4. The molecule has 1 heterocycles. The second-order valence-electron chi connectivity index (χ2n) is 18.7. The third-order valence-corrected chi connectivity index (χ3v) is 11.8. The van der Waals surface area contributed by atoms with Crippen LogP contribution in [0.3, 0.4) is 0 Å². The van der Waals surface area contributed by atoms with Crippen LogP contribution in [0.2, 0.25) is 0 Å². The van der Waals surface area contributed by atoms with Crippen molar-refractivity contribution < 1.29 is 47.3 Å². The van der Waals surface area contributed by atoms with E-state index in [2.05, 4.69) is 76.1 Å². The van der Waals surface area contributed by atoms with Crippen LogP contribution in [-0.2, 0) is 29.6 Å². The topological polar surface area (TPSA) is 108 Å². The minimum Gasteiger partial charge on any atom is -0.497 e. The van der Waals surface area contributed by atoms with Crippen LogP contribution in [0.25, 0.3) is 11.1 Å². The van der Waals surface area contributed by atoms with Gasteiger partial charge in [-0.05, 0) is 129 Å². The number of halogens is 1. The Labute approximate surface area is 392 Å². The van der Waals surface area contributed by atoms with Crippen molar-refractivity contribution in [2.45, 2.75) is 131 Å². The molecule has 10 nitrogen and oxygen atoms in total. The van der Waals surface area contributed by atoms with Gasteiger partial charge in [-0.25, -0.2) is 9.59 Å². The molecule has 0 radical (unpaired) electrons. The molecule has 1 saturated heterocycles. The Balaban J connectivity index is 0.000000266. The molecule has 0 N–H and O–H groups in total. The minimum absolute atomic E-state index is 0.0630. The molecule has 1 aliphatic rings. The normalized spacial score (nSPS) is 14.0. The van der Waals surface area contributed by atoms with Crippen LogP contribution in [-0.4, -0.2) is 71.9 Å². The average Bonchev–Trinajstić information content (AvgIpc) is 3.47. The Hall–Kier alpha value is -4.52. The Kier molecular flexibility index (Phi) is 19.9. The van der Waals surface area contributed by atoms with Gasteiger partial charge in [0, 0.05) is 15.5 Å². The average molecular weight is 948 g/mol. The van der Waals surface area contributed by atoms with Crippen LogP contribution in [0.5, 0.6) is 23.0 Å². The van der Waals surface area contributed by atoms with Crippen molar-refractivity contribution in [2.24, 2.45) is 0 Å². The van der Waals surface area contributed by atoms with E-state index >= 15 is 0 Å². The van der Waals surface area contributed by atoms with Crippen LogP contribution >= 0.6 is 15.9 Å². The highest BCUT2D eigenvalue weighted by atomic mass is 79.9. The molecule has 4 aromatic rings. The Morgan fingerprint density at radius 1 is 0.594 bits per heavy atom. The van der Waals surface area contributed by atoms with Gasteiger partial charge in [-0.3, -0.25) is 0 Å². The Bertz CT molecular complexity index is 2140. The second kappa shape index (κ2) is 23.6. The van der Waals surface area contributed by atoms with E-state index in [1.807, 2.05) is 88.4 Å². The molecule has 0 spiro atoms. The summed E-state index contributed by atoms with van der Waals surface area (Å²) in [5, 5.41) is 0. The third-order valence-electron chi connectivity index (χ3n) is 11.2. The highest BCUT2D eigenvalue weighted by Crippen LogP contribution is 2.41. The zero-order valence-corrected chi connectivity index (χ0v) is 42.8. The fraction of sp³-hybridized carbons (Fsp3) is 0.500. The van der Waals surface area contributed by atoms with Gasteiger partial charge >= 0.3 is 19.1 Å². The van der Waals surface area contributed by atoms with Crippen LogP contribution in [0.15, 0.2) is 77.3 Å². The largest absolute Gasteiger partial charge is 0.498 e. The highest BCUT2D eigenvalue weighted by molar-refractivity contribution is 9.10. The molecule has 64 heavy (non-hydrogen) atoms. The van der Waals surface area contributed by atoms with Gasteiger partial charge in [0.2, 0.25) is 0 Å². The van der Waals surface area contributed by atoms with Crippen LogP contribution in [0.4, 0.5) is 0 Å². The van der Waals surface area contributed by atoms with E-state index in [1.54, 1.807) is 26.4 Å². The van der Waals surface area contributed by atoms with E-state index in [-0.39, 0.29) is 34.0 Å². The molecule has 4 aromatic carbocycles. The molecule has 12 heteroatoms. The van der Waals surface area contributed by atoms with E-state index in [0.717, 1.165) is 75.3 Å². The standard InChI is InChI=1S/C23H30O4.C17H27BO4.C12H15BrO2/c1-7-8-13-27-21-12-10-17(25-5)15-19(21)18-14-16(22(24)26-6)9-11-20(18)23(2,3)4;1-7-8-11-20-15-10-9-13(19-6)12-14(15)18-21-16(2,3)17(4,5)22-18;1-12(2,3)9-6-5-8(7-10(9)13)11(14)15-4/h9-12,14-15H,7-8,13H2,1-6H3;9-10,12H,7-8,11H2,1-6H3;5-7H,1-4H3. The van der Waals surface area contributed by atoms with Gasteiger partial charge < -0.3 is 37.7 Å². The maximum atomic E-state index is 12.1. The number of methoxy groups -OCH3 is 4. The van der Waals surface area contributed by atoms with Crippen LogP contribution in [0.1, 0.15) is 141 Å². The predicted molar refractivity (Wildman–Crippen MR) is 262 cm³/mol. The van der Waals surface area contributed by atoms with E-state index in [4.69, 9.17) is 33.0 Å². The molecule has 0 amide bonds. The van der Waals surface area contributed by atoms with Gasteiger partial charge in [-0.2, -0.15) is 0 Å². The molecule has 1 aliphatic heterocycles. The van der Waals surface area contributed by atoms with Crippen molar-refractivity contribution >= 4 is 40.4 Å². The lowest BCUT2D eigenvalue weighted by molar-refractivity contribution is 0.00578. The van der Waals surface area contributed by atoms with Gasteiger partial charge in [0.25, 0.3) is 0 Å². The summed E-state index contributed by atoms with van der Waals surface area (Å²) < 4.78 is 45.5. The van der Waals surface area contributed by atoms with Gasteiger partial charge in [-0.1, -0.05) is 96.3 Å². The number of ether oxygens (including phenoxy) is 6. The molecule has 350 valence electrons. The molecule has 0 unspecified atom stereocenters. The monoisotopic (exact) mass is 946 g/mol. The lowest BCUT2D eigenvalue weighted by Crippen LogP contribution is -2.41. The van der Waals surface area contributed by atoms with Gasteiger partial charge in [-0.15, -0.1) is 0 Å². The number of rotatable bonds is 14. The number of hydrogen-bond donors (Lipinski definition) is 0. The zero-order chi connectivity index (χ0) is 48.0. The number of carbonyl (C=O) groups excluding carboxylic acids is 2. The first-order valence-electron chi connectivity index (χ1n) is 22.1. The number of hydrogen-bond acceptors (Lipinski definition) is 10. The van der Waals surface area contributed by atoms with Gasteiger partial charge in [0.1, 0.15) is 23.0 Å². The quantitative estimate of drug-likeness (QED) is 0.0689. The van der Waals surface area contributed by atoms with Crippen molar-refractivity contribution in [2.75, 3.05) is 41.7 Å². The maximum Gasteiger partial charge on any atom is 0.498 e. The van der Waals surface area contributed by atoms with Crippen LogP contribution < -0.4 is 24.4 Å². The Morgan fingerprint density at radius 3 is 1.50 bits per heavy atom. The first-order valence-corrected chi connectivity index (χ1v) is 22.9. The molecule has 0 atom stereocenters. The summed E-state index contributed by atoms with van der Waals surface area (Å²) in [5.74, 6) is 2.44. The molecule has 0 aliphatic carbocycles. The van der Waals surface area contributed by atoms with Gasteiger partial charge in [0.15, 0.2) is 0 Å². The smallest absolute Gasteiger partial charge is 0.497 e. The number of carbonyl (C=O) groups is 2. The summed E-state index contributed by atoms with van der Waals surface area (Å²) in [6, 6.07) is 22.8. The third kappa shape index (κ3) is 14.5. The maximum absolute atomic E-state index is 12.1. The molecule has 0 aromatic heterocycles. The zero-order valence-electron chi connectivity index (χ0n) is 41.2. The van der Waals surface area contributed by atoms with Crippen molar-refractivity contribution in [3.05, 3.63) is 99.5 Å². The fourth-order valence-corrected chi connectivity index (χ4v) is 7.57. The summed E-state index contributed by atoms with van der Waals surface area (Å²) in [7, 11) is 5.63. The second-order valence-corrected chi connectivity index (χ2v) is 19.6. The summed E-state index contributed by atoms with van der Waals surface area (Å²) in [4.78, 5) is 23.4. The first kappa shape index (κ1) is 53.8. The Morgan fingerprint density at radius 2 is 1.05 bits per heavy atom. The van der Waals surface area contributed by atoms with Crippen LogP contribution in [0, 0.1) is 0 Å². The van der Waals surface area contributed by atoms with E-state index < -0.39 is 7.12 Å². The molecule has 0 bridgehead atoms. The van der Waals surface area contributed by atoms with E-state index in [1.165, 1.54) is 19.8 Å². The molecule has 1 fully saturated rings. The summed E-state index contributed by atoms with van der Waals surface area (Å²) in [6.07, 6.45) is 4.17. The lowest BCUT2D eigenvalue weighted by atomic mass is 9.78. The minimum atomic E-state index is -0.447. The molecule has 5 rings (SSSR count). The van der Waals surface area contributed by atoms with Crippen molar-refractivity contribution in [3.8, 4) is 34.1 Å². The molecule has 0 saturated carbocycles. The summed E-state index contributed by atoms with van der Waals surface area (Å²) >= 11 is 3.47. The summed E-state index contributed by atoms with van der Waals surface area (Å²) in [6.45, 7) is 26.7. The van der Waals surface area contributed by atoms with E-state index in [0.29, 0.717) is 24.3 Å². The predicted octanol–water partition coefficient (Wildman–Crippen LogP) is 12.3. The van der Waals surface area contributed by atoms with Crippen molar-refractivity contribution in [1.29, 1.82) is 0 Å². The van der Waals surface area contributed by atoms with Crippen molar-refractivity contribution in [1.82, 2.24) is 0 Å². The number of unbranched alkanes of at least 4 members (excludes halogenated alkanes) is 2. The fourth-order valence-electron chi connectivity index (χ4n) is 6.60. The first-order chi connectivity index (χ1) is 30.0. The van der Waals surface area contributed by atoms with Crippen molar-refractivity contribution in [3.63, 3.8) is 0 Å². The summed E-state index contributed by atoms with van der Waals surface area (Å²) in [5.41, 5.74) is 5.36. The van der Waals surface area contributed by atoms with E-state index in [9.17, 15) is 9.59 Å². The van der Waals surface area contributed by atoms with Gasteiger partial charge in [0.05, 0.1) is 64.0 Å². The molecular weight excluding hydrogens is 875 g/mol. The number of esters is 2.